The van der Waals surface area contributed by atoms with E-state index < -0.39 is 17.7 Å². The molecule has 0 heterocycles. The predicted molar refractivity (Wildman–Crippen MR) is 78.1 cm³/mol. The van der Waals surface area contributed by atoms with E-state index in [1.807, 2.05) is 12.1 Å². The van der Waals surface area contributed by atoms with Gasteiger partial charge < -0.3 is 5.11 Å². The van der Waals surface area contributed by atoms with Crippen molar-refractivity contribution in [2.75, 3.05) is 0 Å². The third-order valence-corrected chi connectivity index (χ3v) is 4.27. The molecule has 0 saturated heterocycles. The largest absolute Gasteiger partial charge is 0.388 e. The highest BCUT2D eigenvalue weighted by Crippen LogP contribution is 2.37. The number of aliphatic hydroxyl groups excluding tert-OH is 1. The molecule has 0 spiro atoms. The van der Waals surface area contributed by atoms with Gasteiger partial charge in [-0.2, -0.15) is 0 Å². The summed E-state index contributed by atoms with van der Waals surface area (Å²) >= 11 is 0. The lowest BCUT2D eigenvalue weighted by Gasteiger charge is -2.27. The molecule has 3 heteroatoms. The zero-order valence-corrected chi connectivity index (χ0v) is 11.7. The van der Waals surface area contributed by atoms with Crippen LogP contribution in [0, 0.1) is 11.6 Å². The molecular formula is C18H18F2O. The summed E-state index contributed by atoms with van der Waals surface area (Å²) in [6.07, 6.45) is 2.82. The number of aryl methyl sites for hydroxylation is 1. The van der Waals surface area contributed by atoms with Gasteiger partial charge in [-0.25, -0.2) is 8.78 Å². The van der Waals surface area contributed by atoms with E-state index in [9.17, 15) is 13.9 Å². The van der Waals surface area contributed by atoms with Gasteiger partial charge in [-0.15, -0.1) is 0 Å². The van der Waals surface area contributed by atoms with Crippen molar-refractivity contribution in [3.8, 4) is 0 Å². The monoisotopic (exact) mass is 288 g/mol. The molecule has 0 bridgehead atoms. The maximum atomic E-state index is 13.3. The molecule has 1 N–H and O–H groups in total. The van der Waals surface area contributed by atoms with E-state index in [0.29, 0.717) is 12.0 Å². The molecular weight excluding hydrogens is 270 g/mol. The number of fused-ring (bicyclic) bond motifs is 1. The summed E-state index contributed by atoms with van der Waals surface area (Å²) in [5, 5.41) is 10.3. The van der Waals surface area contributed by atoms with Crippen molar-refractivity contribution >= 4 is 0 Å². The second kappa shape index (κ2) is 5.94. The molecule has 110 valence electrons. The Labute approximate surface area is 123 Å². The van der Waals surface area contributed by atoms with Crippen LogP contribution in [0.5, 0.6) is 0 Å². The summed E-state index contributed by atoms with van der Waals surface area (Å²) in [6, 6.07) is 11.5. The molecule has 0 amide bonds. The van der Waals surface area contributed by atoms with E-state index in [1.165, 1.54) is 23.3 Å². The Morgan fingerprint density at radius 3 is 2.57 bits per heavy atom. The lowest BCUT2D eigenvalue weighted by atomic mass is 9.79. The fourth-order valence-corrected chi connectivity index (χ4v) is 3.27. The van der Waals surface area contributed by atoms with Crippen molar-refractivity contribution in [3.63, 3.8) is 0 Å². The SMILES string of the molecule is OC(CC1CCCc2ccccc21)c1cc(F)cc(F)c1. The first-order valence-corrected chi connectivity index (χ1v) is 7.35. The van der Waals surface area contributed by atoms with Crippen molar-refractivity contribution in [2.24, 2.45) is 0 Å². The summed E-state index contributed by atoms with van der Waals surface area (Å²) in [4.78, 5) is 0. The van der Waals surface area contributed by atoms with Crippen molar-refractivity contribution < 1.29 is 13.9 Å². The van der Waals surface area contributed by atoms with Gasteiger partial charge in [0.25, 0.3) is 0 Å². The average Bonchev–Trinajstić information content (AvgIpc) is 2.46. The minimum Gasteiger partial charge on any atom is -0.388 e. The Morgan fingerprint density at radius 1 is 1.10 bits per heavy atom. The van der Waals surface area contributed by atoms with Gasteiger partial charge in [0.05, 0.1) is 6.10 Å². The number of halogens is 2. The smallest absolute Gasteiger partial charge is 0.126 e. The van der Waals surface area contributed by atoms with E-state index in [-0.39, 0.29) is 5.92 Å². The van der Waals surface area contributed by atoms with Gasteiger partial charge in [-0.1, -0.05) is 24.3 Å². The second-order valence-electron chi connectivity index (χ2n) is 5.74. The van der Waals surface area contributed by atoms with E-state index in [2.05, 4.69) is 12.1 Å². The molecule has 1 aliphatic carbocycles. The van der Waals surface area contributed by atoms with Crippen LogP contribution in [0.4, 0.5) is 8.78 Å². The first kappa shape index (κ1) is 14.2. The Balaban J connectivity index is 1.81. The lowest BCUT2D eigenvalue weighted by Crippen LogP contribution is -2.13. The van der Waals surface area contributed by atoms with Crippen molar-refractivity contribution in [1.82, 2.24) is 0 Å². The zero-order chi connectivity index (χ0) is 14.8. The first-order chi connectivity index (χ1) is 10.1. The zero-order valence-electron chi connectivity index (χ0n) is 11.7. The molecule has 21 heavy (non-hydrogen) atoms. The minimum absolute atomic E-state index is 0.247. The fraction of sp³-hybridized carbons (Fsp3) is 0.333. The summed E-state index contributed by atoms with van der Waals surface area (Å²) in [5.41, 5.74) is 2.90. The quantitative estimate of drug-likeness (QED) is 0.881. The van der Waals surface area contributed by atoms with Gasteiger partial charge in [-0.3, -0.25) is 0 Å². The van der Waals surface area contributed by atoms with Gasteiger partial charge in [0.1, 0.15) is 11.6 Å². The molecule has 2 aromatic rings. The number of rotatable bonds is 3. The van der Waals surface area contributed by atoms with E-state index in [4.69, 9.17) is 0 Å². The minimum atomic E-state index is -0.841. The van der Waals surface area contributed by atoms with Gasteiger partial charge >= 0.3 is 0 Å². The molecule has 0 aliphatic heterocycles. The summed E-state index contributed by atoms with van der Waals surface area (Å²) < 4.78 is 26.5. The van der Waals surface area contributed by atoms with Crippen LogP contribution in [0.15, 0.2) is 42.5 Å². The van der Waals surface area contributed by atoms with Crippen LogP contribution in [-0.4, -0.2) is 5.11 Å². The number of hydrogen-bond acceptors (Lipinski definition) is 1. The van der Waals surface area contributed by atoms with Gasteiger partial charge in [0, 0.05) is 6.07 Å². The normalized spacial score (nSPS) is 19.1. The highest BCUT2D eigenvalue weighted by atomic mass is 19.1. The standard InChI is InChI=1S/C18H18F2O/c19-15-8-14(9-16(20)11-15)18(21)10-13-6-3-5-12-4-1-2-7-17(12)13/h1-2,4,7-9,11,13,18,21H,3,5-6,10H2. The maximum absolute atomic E-state index is 13.3. The van der Waals surface area contributed by atoms with Crippen LogP contribution in [0.2, 0.25) is 0 Å². The van der Waals surface area contributed by atoms with Gasteiger partial charge in [-0.05, 0) is 60.4 Å². The Kier molecular flexibility index (Phi) is 4.02. The highest BCUT2D eigenvalue weighted by Gasteiger charge is 2.23. The lowest BCUT2D eigenvalue weighted by molar-refractivity contribution is 0.153. The van der Waals surface area contributed by atoms with Crippen LogP contribution in [0.3, 0.4) is 0 Å². The average molecular weight is 288 g/mol. The first-order valence-electron chi connectivity index (χ1n) is 7.35. The molecule has 1 nitrogen and oxygen atoms in total. The molecule has 0 aromatic heterocycles. The Morgan fingerprint density at radius 2 is 1.81 bits per heavy atom. The number of hydrogen-bond donors (Lipinski definition) is 1. The molecule has 3 rings (SSSR count). The third-order valence-electron chi connectivity index (χ3n) is 4.27. The van der Waals surface area contributed by atoms with Gasteiger partial charge in [0.2, 0.25) is 0 Å². The molecule has 0 radical (unpaired) electrons. The summed E-state index contributed by atoms with van der Waals surface area (Å²) in [7, 11) is 0. The van der Waals surface area contributed by atoms with Crippen LogP contribution in [0.1, 0.15) is 48.0 Å². The molecule has 0 saturated carbocycles. The summed E-state index contributed by atoms with van der Waals surface area (Å²) in [5.74, 6) is -1.04. The topological polar surface area (TPSA) is 20.2 Å². The van der Waals surface area contributed by atoms with Crippen LogP contribution in [0.25, 0.3) is 0 Å². The van der Waals surface area contributed by atoms with Crippen molar-refractivity contribution in [2.45, 2.75) is 37.7 Å². The predicted octanol–water partition coefficient (Wildman–Crippen LogP) is 4.51. The molecule has 2 unspecified atom stereocenters. The third kappa shape index (κ3) is 3.13. The van der Waals surface area contributed by atoms with E-state index in [0.717, 1.165) is 25.3 Å². The molecule has 0 fully saturated rings. The number of benzene rings is 2. The highest BCUT2D eigenvalue weighted by molar-refractivity contribution is 5.33. The van der Waals surface area contributed by atoms with Crippen LogP contribution in [-0.2, 0) is 6.42 Å². The van der Waals surface area contributed by atoms with E-state index in [1.54, 1.807) is 0 Å². The Bertz CT molecular complexity index is 619. The van der Waals surface area contributed by atoms with Gasteiger partial charge in [0.15, 0.2) is 0 Å². The maximum Gasteiger partial charge on any atom is 0.126 e. The molecule has 2 atom stereocenters. The van der Waals surface area contributed by atoms with Crippen LogP contribution < -0.4 is 0 Å². The second-order valence-corrected chi connectivity index (χ2v) is 5.74. The van der Waals surface area contributed by atoms with Crippen LogP contribution >= 0.6 is 0 Å². The van der Waals surface area contributed by atoms with Crippen molar-refractivity contribution in [3.05, 3.63) is 70.8 Å². The molecule has 2 aromatic carbocycles. The Hall–Kier alpha value is -1.74. The molecule has 1 aliphatic rings. The number of aliphatic hydroxyl groups is 1. The summed E-state index contributed by atoms with van der Waals surface area (Å²) in [6.45, 7) is 0. The fourth-order valence-electron chi connectivity index (χ4n) is 3.27. The van der Waals surface area contributed by atoms with Crippen molar-refractivity contribution in [1.29, 1.82) is 0 Å². The van der Waals surface area contributed by atoms with E-state index >= 15 is 0 Å².